The predicted octanol–water partition coefficient (Wildman–Crippen LogP) is 5.32. The molecular weight excluding hydrogens is 407 g/mol. The first-order valence-corrected chi connectivity index (χ1v) is 10.1. The summed E-state index contributed by atoms with van der Waals surface area (Å²) in [5, 5.41) is 0. The van der Waals surface area contributed by atoms with E-state index in [2.05, 4.69) is 19.9 Å². The highest BCUT2D eigenvalue weighted by Crippen LogP contribution is 2.30. The lowest BCUT2D eigenvalue weighted by Gasteiger charge is -2.12. The van der Waals surface area contributed by atoms with Crippen LogP contribution in [0.15, 0.2) is 85.2 Å². The molecule has 0 aliphatic heterocycles. The highest BCUT2D eigenvalue weighted by Gasteiger charge is 2.11. The molecule has 0 aliphatic rings. The van der Waals surface area contributed by atoms with Crippen LogP contribution in [0.1, 0.15) is 11.3 Å². The van der Waals surface area contributed by atoms with E-state index in [0.717, 1.165) is 16.8 Å². The second-order valence-corrected chi connectivity index (χ2v) is 7.14. The van der Waals surface area contributed by atoms with E-state index in [1.807, 2.05) is 42.5 Å². The van der Waals surface area contributed by atoms with E-state index in [0.29, 0.717) is 35.1 Å². The summed E-state index contributed by atoms with van der Waals surface area (Å²) < 4.78 is 25.9. The summed E-state index contributed by atoms with van der Waals surface area (Å²) in [5.41, 5.74) is 3.50. The number of hydrogen-bond donors (Lipinski definition) is 1. The van der Waals surface area contributed by atoms with Gasteiger partial charge in [-0.2, -0.15) is 0 Å². The van der Waals surface area contributed by atoms with E-state index < -0.39 is 0 Å². The van der Waals surface area contributed by atoms with Gasteiger partial charge in [0.15, 0.2) is 5.65 Å². The summed E-state index contributed by atoms with van der Waals surface area (Å²) in [6.45, 7) is 0.399. The summed E-state index contributed by atoms with van der Waals surface area (Å²) >= 11 is 0. The molecule has 0 saturated heterocycles. The van der Waals surface area contributed by atoms with Crippen molar-refractivity contribution in [2.24, 2.45) is 0 Å². The second-order valence-electron chi connectivity index (χ2n) is 7.14. The fraction of sp³-hybridized carbons (Fsp3) is 0.0800. The molecule has 0 amide bonds. The van der Waals surface area contributed by atoms with Crippen molar-refractivity contribution in [2.45, 2.75) is 13.2 Å². The van der Waals surface area contributed by atoms with Gasteiger partial charge >= 0.3 is 0 Å². The van der Waals surface area contributed by atoms with Gasteiger partial charge in [0, 0.05) is 29.6 Å². The molecule has 3 aromatic heterocycles. The summed E-state index contributed by atoms with van der Waals surface area (Å²) in [5.74, 6) is 1.46. The van der Waals surface area contributed by atoms with Gasteiger partial charge in [-0.25, -0.2) is 14.4 Å². The van der Waals surface area contributed by atoms with E-state index in [-0.39, 0.29) is 12.4 Å². The van der Waals surface area contributed by atoms with Gasteiger partial charge in [0.2, 0.25) is 0 Å². The van der Waals surface area contributed by atoms with Crippen LogP contribution in [0.3, 0.4) is 0 Å². The molecular formula is C25H19FN4O2. The van der Waals surface area contributed by atoms with Crippen molar-refractivity contribution < 1.29 is 13.9 Å². The van der Waals surface area contributed by atoms with Crippen LogP contribution in [-0.4, -0.2) is 19.9 Å². The molecule has 0 radical (unpaired) electrons. The van der Waals surface area contributed by atoms with Gasteiger partial charge in [-0.15, -0.1) is 0 Å². The minimum absolute atomic E-state index is 0.0947. The van der Waals surface area contributed by atoms with Crippen LogP contribution in [0.4, 0.5) is 4.39 Å². The number of imidazole rings is 1. The zero-order chi connectivity index (χ0) is 21.8. The Hall–Kier alpha value is -4.26. The van der Waals surface area contributed by atoms with Gasteiger partial charge < -0.3 is 14.5 Å². The predicted molar refractivity (Wildman–Crippen MR) is 119 cm³/mol. The maximum atomic E-state index is 14.0. The smallest absolute Gasteiger partial charge is 0.157 e. The van der Waals surface area contributed by atoms with Crippen molar-refractivity contribution >= 4 is 11.2 Å². The van der Waals surface area contributed by atoms with Crippen LogP contribution < -0.4 is 9.47 Å². The van der Waals surface area contributed by atoms with Crippen LogP contribution >= 0.6 is 0 Å². The van der Waals surface area contributed by atoms with Crippen LogP contribution in [-0.2, 0) is 13.2 Å². The molecule has 1 N–H and O–H groups in total. The lowest BCUT2D eigenvalue weighted by atomic mass is 10.2. The number of ether oxygens (including phenoxy) is 2. The van der Waals surface area contributed by atoms with Crippen LogP contribution in [0.25, 0.3) is 22.6 Å². The number of aromatic amines is 1. The zero-order valence-electron chi connectivity index (χ0n) is 17.0. The monoisotopic (exact) mass is 426 g/mol. The fourth-order valence-corrected chi connectivity index (χ4v) is 3.27. The zero-order valence-corrected chi connectivity index (χ0v) is 17.0. The molecule has 0 atom stereocenters. The van der Waals surface area contributed by atoms with E-state index >= 15 is 0 Å². The SMILES string of the molecule is Fc1ccccc1COc1cc(OCc2ccccn2)cc(-c2nc3cccnc3[nH]2)c1. The molecule has 3 heterocycles. The van der Waals surface area contributed by atoms with Gasteiger partial charge in [0.1, 0.15) is 41.9 Å². The highest BCUT2D eigenvalue weighted by molar-refractivity contribution is 5.76. The molecule has 0 fully saturated rings. The largest absolute Gasteiger partial charge is 0.489 e. The number of hydrogen-bond acceptors (Lipinski definition) is 5. The third-order valence-electron chi connectivity index (χ3n) is 4.87. The van der Waals surface area contributed by atoms with Crippen LogP contribution in [0, 0.1) is 5.82 Å². The summed E-state index contributed by atoms with van der Waals surface area (Å²) in [6, 6.07) is 21.4. The Morgan fingerprint density at radius 1 is 0.781 bits per heavy atom. The Bertz CT molecular complexity index is 1320. The molecule has 7 heteroatoms. The Labute approximate surface area is 183 Å². The number of pyridine rings is 2. The molecule has 0 bridgehead atoms. The van der Waals surface area contributed by atoms with Crippen LogP contribution in [0.5, 0.6) is 11.5 Å². The molecule has 0 unspecified atom stereocenters. The molecule has 2 aromatic carbocycles. The molecule has 5 aromatic rings. The maximum absolute atomic E-state index is 14.0. The fourth-order valence-electron chi connectivity index (χ4n) is 3.27. The number of nitrogens with zero attached hydrogens (tertiary/aromatic N) is 3. The molecule has 32 heavy (non-hydrogen) atoms. The first kappa shape index (κ1) is 19.7. The summed E-state index contributed by atoms with van der Waals surface area (Å²) in [4.78, 5) is 16.4. The molecule has 6 nitrogen and oxygen atoms in total. The minimum atomic E-state index is -0.307. The number of halogens is 1. The molecule has 0 aliphatic carbocycles. The summed E-state index contributed by atoms with van der Waals surface area (Å²) in [6.07, 6.45) is 3.43. The standard InChI is InChI=1S/C25H19FN4O2/c26-22-8-2-1-6-17(22)15-31-20-12-18(24-29-23-9-5-11-28-25(23)30-24)13-21(14-20)32-16-19-7-3-4-10-27-19/h1-14H,15-16H2,(H,28,29,30). The lowest BCUT2D eigenvalue weighted by Crippen LogP contribution is -2.01. The van der Waals surface area contributed by atoms with Gasteiger partial charge in [-0.3, -0.25) is 4.98 Å². The van der Waals surface area contributed by atoms with Gasteiger partial charge in [-0.05, 0) is 42.5 Å². The third-order valence-corrected chi connectivity index (χ3v) is 4.87. The van der Waals surface area contributed by atoms with Crippen molar-refractivity contribution in [1.29, 1.82) is 0 Å². The quantitative estimate of drug-likeness (QED) is 0.381. The molecule has 158 valence electrons. The molecule has 5 rings (SSSR count). The van der Waals surface area contributed by atoms with Gasteiger partial charge in [0.25, 0.3) is 0 Å². The van der Waals surface area contributed by atoms with Crippen molar-refractivity contribution in [3.8, 4) is 22.9 Å². The second kappa shape index (κ2) is 8.85. The van der Waals surface area contributed by atoms with Crippen molar-refractivity contribution in [2.75, 3.05) is 0 Å². The Morgan fingerprint density at radius 2 is 1.56 bits per heavy atom. The van der Waals surface area contributed by atoms with Crippen molar-refractivity contribution in [3.63, 3.8) is 0 Å². The first-order chi connectivity index (χ1) is 15.7. The van der Waals surface area contributed by atoms with Crippen molar-refractivity contribution in [3.05, 3.63) is 102 Å². The number of H-pyrrole nitrogens is 1. The highest BCUT2D eigenvalue weighted by atomic mass is 19.1. The number of aromatic nitrogens is 4. The average Bonchev–Trinajstić information content (AvgIpc) is 3.27. The summed E-state index contributed by atoms with van der Waals surface area (Å²) in [7, 11) is 0. The van der Waals surface area contributed by atoms with E-state index in [4.69, 9.17) is 9.47 Å². The van der Waals surface area contributed by atoms with E-state index in [1.54, 1.807) is 36.7 Å². The number of benzene rings is 2. The molecule has 0 saturated carbocycles. The van der Waals surface area contributed by atoms with Gasteiger partial charge in [-0.1, -0.05) is 24.3 Å². The normalized spacial score (nSPS) is 10.9. The lowest BCUT2D eigenvalue weighted by molar-refractivity contribution is 0.285. The third kappa shape index (κ3) is 4.41. The topological polar surface area (TPSA) is 72.9 Å². The van der Waals surface area contributed by atoms with E-state index in [9.17, 15) is 4.39 Å². The van der Waals surface area contributed by atoms with Crippen LogP contribution in [0.2, 0.25) is 0 Å². The molecule has 0 spiro atoms. The Balaban J connectivity index is 1.45. The Morgan fingerprint density at radius 3 is 2.34 bits per heavy atom. The number of fused-ring (bicyclic) bond motifs is 1. The maximum Gasteiger partial charge on any atom is 0.157 e. The minimum Gasteiger partial charge on any atom is -0.489 e. The van der Waals surface area contributed by atoms with E-state index in [1.165, 1.54) is 6.07 Å². The average molecular weight is 426 g/mol. The Kier molecular flexibility index (Phi) is 5.45. The number of rotatable bonds is 7. The number of nitrogens with one attached hydrogen (secondary N) is 1. The van der Waals surface area contributed by atoms with Crippen molar-refractivity contribution in [1.82, 2.24) is 19.9 Å². The first-order valence-electron chi connectivity index (χ1n) is 10.1. The van der Waals surface area contributed by atoms with Gasteiger partial charge in [0.05, 0.1) is 5.69 Å².